The average molecular weight is 300 g/mol. The minimum Gasteiger partial charge on any atom is -0.353 e. The number of hydrogen-bond acceptors (Lipinski definition) is 3. The fourth-order valence-electron chi connectivity index (χ4n) is 2.26. The van der Waals surface area contributed by atoms with Gasteiger partial charge in [0.25, 0.3) is 0 Å². The molecule has 22 heavy (non-hydrogen) atoms. The quantitative estimate of drug-likeness (QED) is 0.846. The Labute approximate surface area is 129 Å². The van der Waals surface area contributed by atoms with Crippen LogP contribution in [0.1, 0.15) is 25.8 Å². The number of rotatable bonds is 6. The van der Waals surface area contributed by atoms with Gasteiger partial charge in [0.1, 0.15) is 0 Å². The van der Waals surface area contributed by atoms with E-state index in [2.05, 4.69) is 15.6 Å². The average Bonchev–Trinajstić information content (AvgIpc) is 2.98. The molecule has 1 heterocycles. The smallest absolute Gasteiger partial charge is 0.222 e. The standard InChI is InChI=1S/C16H20N4O2/c1-12(19-13(2)21)9-16(22)18-10-14-5-3-4-6-15(14)20-8-7-17-11-20/h3-8,11-12H,9-10H2,1-2H3,(H,18,22)(H,19,21). The molecule has 1 unspecified atom stereocenters. The summed E-state index contributed by atoms with van der Waals surface area (Å²) >= 11 is 0. The van der Waals surface area contributed by atoms with E-state index in [1.807, 2.05) is 35.0 Å². The molecule has 2 aromatic rings. The first-order valence-corrected chi connectivity index (χ1v) is 7.16. The summed E-state index contributed by atoms with van der Waals surface area (Å²) in [7, 11) is 0. The van der Waals surface area contributed by atoms with Gasteiger partial charge >= 0.3 is 0 Å². The predicted molar refractivity (Wildman–Crippen MR) is 83.3 cm³/mol. The van der Waals surface area contributed by atoms with E-state index in [9.17, 15) is 9.59 Å². The number of para-hydroxylation sites is 1. The molecular weight excluding hydrogens is 280 g/mol. The number of carbonyl (C=O) groups excluding carboxylic acids is 2. The highest BCUT2D eigenvalue weighted by atomic mass is 16.2. The van der Waals surface area contributed by atoms with Crippen LogP contribution in [0.4, 0.5) is 0 Å². The Morgan fingerprint density at radius 2 is 2.09 bits per heavy atom. The molecule has 0 bridgehead atoms. The van der Waals surface area contributed by atoms with Crippen LogP contribution in [0, 0.1) is 0 Å². The van der Waals surface area contributed by atoms with E-state index >= 15 is 0 Å². The summed E-state index contributed by atoms with van der Waals surface area (Å²) in [5.41, 5.74) is 1.98. The molecule has 0 saturated carbocycles. The molecule has 1 aromatic heterocycles. The van der Waals surface area contributed by atoms with Gasteiger partial charge in [-0.2, -0.15) is 0 Å². The second kappa shape index (κ2) is 7.40. The van der Waals surface area contributed by atoms with E-state index in [4.69, 9.17) is 0 Å². The second-order valence-electron chi connectivity index (χ2n) is 5.18. The van der Waals surface area contributed by atoms with Crippen molar-refractivity contribution in [3.63, 3.8) is 0 Å². The molecule has 2 amide bonds. The molecule has 6 nitrogen and oxygen atoms in total. The summed E-state index contributed by atoms with van der Waals surface area (Å²) in [6, 6.07) is 7.64. The third-order valence-corrected chi connectivity index (χ3v) is 3.19. The maximum absolute atomic E-state index is 11.9. The first-order chi connectivity index (χ1) is 10.6. The number of imidazole rings is 1. The van der Waals surface area contributed by atoms with E-state index in [1.54, 1.807) is 19.4 Å². The van der Waals surface area contributed by atoms with Gasteiger partial charge in [0, 0.05) is 38.3 Å². The second-order valence-corrected chi connectivity index (χ2v) is 5.18. The SMILES string of the molecule is CC(=O)NC(C)CC(=O)NCc1ccccc1-n1ccnc1. The molecular formula is C16H20N4O2. The summed E-state index contributed by atoms with van der Waals surface area (Å²) in [6.07, 6.45) is 5.55. The summed E-state index contributed by atoms with van der Waals surface area (Å²) in [4.78, 5) is 26.9. The third kappa shape index (κ3) is 4.44. The van der Waals surface area contributed by atoms with Crippen molar-refractivity contribution in [3.05, 3.63) is 48.5 Å². The number of aromatic nitrogens is 2. The molecule has 0 radical (unpaired) electrons. The highest BCUT2D eigenvalue weighted by molar-refractivity contribution is 5.78. The minimum atomic E-state index is -0.179. The Bertz CT molecular complexity index is 637. The molecule has 1 atom stereocenters. The molecule has 0 saturated heterocycles. The van der Waals surface area contributed by atoms with Gasteiger partial charge < -0.3 is 15.2 Å². The third-order valence-electron chi connectivity index (χ3n) is 3.19. The van der Waals surface area contributed by atoms with Crippen LogP contribution in [0.5, 0.6) is 0 Å². The number of amides is 2. The number of nitrogens with one attached hydrogen (secondary N) is 2. The highest BCUT2D eigenvalue weighted by Gasteiger charge is 2.10. The van der Waals surface area contributed by atoms with Gasteiger partial charge in [-0.25, -0.2) is 4.98 Å². The predicted octanol–water partition coefficient (Wildman–Crippen LogP) is 1.40. The molecule has 6 heteroatoms. The highest BCUT2D eigenvalue weighted by Crippen LogP contribution is 2.13. The van der Waals surface area contributed by atoms with Gasteiger partial charge in [-0.05, 0) is 18.6 Å². The summed E-state index contributed by atoms with van der Waals surface area (Å²) < 4.78 is 1.90. The first kappa shape index (κ1) is 15.8. The van der Waals surface area contributed by atoms with Gasteiger partial charge in [-0.15, -0.1) is 0 Å². The zero-order valence-electron chi connectivity index (χ0n) is 12.7. The van der Waals surface area contributed by atoms with Crippen LogP contribution in [0.15, 0.2) is 43.0 Å². The number of carbonyl (C=O) groups is 2. The van der Waals surface area contributed by atoms with Crippen molar-refractivity contribution in [1.82, 2.24) is 20.2 Å². The number of benzene rings is 1. The van der Waals surface area contributed by atoms with Crippen molar-refractivity contribution in [2.45, 2.75) is 32.9 Å². The molecule has 1 aromatic carbocycles. The van der Waals surface area contributed by atoms with Crippen LogP contribution in [0.2, 0.25) is 0 Å². The zero-order valence-corrected chi connectivity index (χ0v) is 12.7. The Morgan fingerprint density at radius 3 is 2.77 bits per heavy atom. The van der Waals surface area contributed by atoms with Crippen molar-refractivity contribution in [2.24, 2.45) is 0 Å². The topological polar surface area (TPSA) is 76.0 Å². The fourth-order valence-corrected chi connectivity index (χ4v) is 2.26. The summed E-state index contributed by atoms with van der Waals surface area (Å²) in [5, 5.41) is 5.57. The largest absolute Gasteiger partial charge is 0.353 e. The molecule has 0 aliphatic heterocycles. The van der Waals surface area contributed by atoms with Crippen LogP contribution in [0.3, 0.4) is 0 Å². The fraction of sp³-hybridized carbons (Fsp3) is 0.312. The van der Waals surface area contributed by atoms with E-state index in [1.165, 1.54) is 6.92 Å². The molecule has 0 aliphatic carbocycles. The van der Waals surface area contributed by atoms with Crippen LogP contribution < -0.4 is 10.6 Å². The molecule has 2 N–H and O–H groups in total. The lowest BCUT2D eigenvalue weighted by atomic mass is 10.1. The van der Waals surface area contributed by atoms with Crippen molar-refractivity contribution in [1.29, 1.82) is 0 Å². The van der Waals surface area contributed by atoms with Gasteiger partial charge in [0.05, 0.1) is 12.0 Å². The first-order valence-electron chi connectivity index (χ1n) is 7.16. The van der Waals surface area contributed by atoms with Crippen LogP contribution >= 0.6 is 0 Å². The molecule has 2 rings (SSSR count). The molecule has 0 fully saturated rings. The van der Waals surface area contributed by atoms with Crippen LogP contribution in [-0.4, -0.2) is 27.4 Å². The van der Waals surface area contributed by atoms with Gasteiger partial charge in [0.2, 0.25) is 11.8 Å². The van der Waals surface area contributed by atoms with Crippen LogP contribution in [0.25, 0.3) is 5.69 Å². The lowest BCUT2D eigenvalue weighted by Gasteiger charge is -2.14. The van der Waals surface area contributed by atoms with Gasteiger partial charge in [-0.1, -0.05) is 18.2 Å². The normalized spacial score (nSPS) is 11.7. The van der Waals surface area contributed by atoms with Crippen molar-refractivity contribution in [2.75, 3.05) is 0 Å². The van der Waals surface area contributed by atoms with E-state index in [0.29, 0.717) is 6.54 Å². The maximum Gasteiger partial charge on any atom is 0.222 e. The van der Waals surface area contributed by atoms with Crippen molar-refractivity contribution >= 4 is 11.8 Å². The zero-order chi connectivity index (χ0) is 15.9. The molecule has 0 spiro atoms. The van der Waals surface area contributed by atoms with Gasteiger partial charge in [0.15, 0.2) is 0 Å². The summed E-state index contributed by atoms with van der Waals surface area (Å²) in [5.74, 6) is -0.229. The Kier molecular flexibility index (Phi) is 5.30. The molecule has 0 aliphatic rings. The monoisotopic (exact) mass is 300 g/mol. The van der Waals surface area contributed by atoms with Gasteiger partial charge in [-0.3, -0.25) is 9.59 Å². The lowest BCUT2D eigenvalue weighted by Crippen LogP contribution is -2.36. The maximum atomic E-state index is 11.9. The summed E-state index contributed by atoms with van der Waals surface area (Å²) in [6.45, 7) is 3.68. The number of hydrogen-bond donors (Lipinski definition) is 2. The minimum absolute atomic E-state index is 0.0957. The Morgan fingerprint density at radius 1 is 1.32 bits per heavy atom. The molecule has 116 valence electrons. The van der Waals surface area contributed by atoms with E-state index < -0.39 is 0 Å². The van der Waals surface area contributed by atoms with Crippen molar-refractivity contribution < 1.29 is 9.59 Å². The lowest BCUT2D eigenvalue weighted by molar-refractivity contribution is -0.122. The Balaban J connectivity index is 1.95. The van der Waals surface area contributed by atoms with E-state index in [0.717, 1.165) is 11.3 Å². The van der Waals surface area contributed by atoms with Crippen LogP contribution in [-0.2, 0) is 16.1 Å². The Hall–Kier alpha value is -2.63. The number of nitrogens with zero attached hydrogens (tertiary/aromatic N) is 2. The van der Waals surface area contributed by atoms with Crippen molar-refractivity contribution in [3.8, 4) is 5.69 Å². The van der Waals surface area contributed by atoms with E-state index in [-0.39, 0.29) is 24.3 Å².